The molecule has 0 spiro atoms. The van der Waals surface area contributed by atoms with Crippen LogP contribution < -0.4 is 14.9 Å². The molecular formula is C24H20BrClN2O4. The Morgan fingerprint density at radius 1 is 1.03 bits per heavy atom. The summed E-state index contributed by atoms with van der Waals surface area (Å²) >= 11 is 9.52. The van der Waals surface area contributed by atoms with E-state index in [0.717, 1.165) is 11.1 Å². The lowest BCUT2D eigenvalue weighted by Gasteiger charge is -2.12. The number of hydrogen-bond donors (Lipinski definition) is 1. The van der Waals surface area contributed by atoms with Gasteiger partial charge in [-0.25, -0.2) is 10.2 Å². The highest BCUT2D eigenvalue weighted by Crippen LogP contribution is 2.36. The number of nitrogens with zero attached hydrogens (tertiary/aromatic N) is 1. The van der Waals surface area contributed by atoms with Crippen LogP contribution in [0.5, 0.6) is 11.5 Å². The van der Waals surface area contributed by atoms with E-state index in [4.69, 9.17) is 21.1 Å². The Morgan fingerprint density at radius 3 is 2.38 bits per heavy atom. The minimum absolute atomic E-state index is 0.241. The molecule has 1 N–H and O–H groups in total. The fraction of sp³-hybridized carbons (Fsp3) is 0.125. The van der Waals surface area contributed by atoms with Gasteiger partial charge in [-0.15, -0.1) is 0 Å². The monoisotopic (exact) mass is 514 g/mol. The molecule has 0 bridgehead atoms. The lowest BCUT2D eigenvalue weighted by Crippen LogP contribution is -2.18. The van der Waals surface area contributed by atoms with E-state index >= 15 is 0 Å². The third-order valence-electron chi connectivity index (χ3n) is 4.48. The topological polar surface area (TPSA) is 77.0 Å². The minimum atomic E-state index is -0.507. The summed E-state index contributed by atoms with van der Waals surface area (Å²) in [5.41, 5.74) is 5.80. The van der Waals surface area contributed by atoms with Crippen molar-refractivity contribution in [2.24, 2.45) is 5.10 Å². The molecule has 0 heterocycles. The van der Waals surface area contributed by atoms with Crippen LogP contribution in [0.25, 0.3) is 0 Å². The molecule has 0 radical (unpaired) electrons. The zero-order valence-electron chi connectivity index (χ0n) is 17.6. The first-order valence-electron chi connectivity index (χ1n) is 9.54. The Hall–Kier alpha value is -3.16. The molecule has 0 unspecified atom stereocenters. The van der Waals surface area contributed by atoms with Gasteiger partial charge in [0, 0.05) is 0 Å². The van der Waals surface area contributed by atoms with Gasteiger partial charge in [0.25, 0.3) is 5.91 Å². The number of carbonyl (C=O) groups is 2. The Labute approximate surface area is 199 Å². The Morgan fingerprint density at radius 2 is 1.72 bits per heavy atom. The third-order valence-corrected chi connectivity index (χ3v) is 5.38. The lowest BCUT2D eigenvalue weighted by molar-refractivity contribution is 0.0728. The third kappa shape index (κ3) is 5.75. The van der Waals surface area contributed by atoms with Crippen LogP contribution in [0.2, 0.25) is 5.02 Å². The van der Waals surface area contributed by atoms with Crippen molar-refractivity contribution in [3.8, 4) is 11.5 Å². The predicted octanol–water partition coefficient (Wildman–Crippen LogP) is 5.71. The standard InChI is InChI=1S/C24H20BrClN2O4/c1-14-4-7-17(8-5-14)24(30)32-22-19(25)11-16(12-21(22)31-3)13-27-28-23(29)18-9-6-15(2)10-20(18)26/h4-13H,1-3H3,(H,28,29)/b27-13+. The van der Waals surface area contributed by atoms with Gasteiger partial charge < -0.3 is 9.47 Å². The van der Waals surface area contributed by atoms with Gasteiger partial charge in [-0.2, -0.15) is 5.10 Å². The summed E-state index contributed by atoms with van der Waals surface area (Å²) in [5, 5.41) is 4.33. The second kappa shape index (κ2) is 10.4. The van der Waals surface area contributed by atoms with E-state index in [1.54, 1.807) is 42.5 Å². The van der Waals surface area contributed by atoms with Gasteiger partial charge >= 0.3 is 5.97 Å². The Bertz CT molecular complexity index is 1190. The van der Waals surface area contributed by atoms with E-state index in [-0.39, 0.29) is 5.75 Å². The molecule has 0 aliphatic heterocycles. The van der Waals surface area contributed by atoms with E-state index in [1.807, 2.05) is 26.0 Å². The number of hydrogen-bond acceptors (Lipinski definition) is 5. The molecule has 0 saturated heterocycles. The van der Waals surface area contributed by atoms with Crippen LogP contribution in [0, 0.1) is 13.8 Å². The largest absolute Gasteiger partial charge is 0.493 e. The van der Waals surface area contributed by atoms with Crippen LogP contribution in [0.3, 0.4) is 0 Å². The van der Waals surface area contributed by atoms with E-state index in [9.17, 15) is 9.59 Å². The highest BCUT2D eigenvalue weighted by atomic mass is 79.9. The van der Waals surface area contributed by atoms with E-state index in [2.05, 4.69) is 26.5 Å². The number of ether oxygens (including phenoxy) is 2. The van der Waals surface area contributed by atoms with Crippen molar-refractivity contribution in [1.29, 1.82) is 0 Å². The number of methoxy groups -OCH3 is 1. The van der Waals surface area contributed by atoms with Crippen LogP contribution in [0.15, 0.2) is 64.2 Å². The molecule has 32 heavy (non-hydrogen) atoms. The number of amides is 1. The molecule has 6 nitrogen and oxygen atoms in total. The van der Waals surface area contributed by atoms with Gasteiger partial charge in [0.1, 0.15) is 0 Å². The fourth-order valence-electron chi connectivity index (χ4n) is 2.78. The van der Waals surface area contributed by atoms with E-state index in [1.165, 1.54) is 13.3 Å². The van der Waals surface area contributed by atoms with Gasteiger partial charge in [-0.1, -0.05) is 35.4 Å². The summed E-state index contributed by atoms with van der Waals surface area (Å²) < 4.78 is 11.4. The predicted molar refractivity (Wildman–Crippen MR) is 128 cm³/mol. The molecule has 1 amide bonds. The van der Waals surface area contributed by atoms with Crippen molar-refractivity contribution in [2.45, 2.75) is 13.8 Å². The molecule has 3 aromatic rings. The second-order valence-corrected chi connectivity index (χ2v) is 8.23. The number of hydrazone groups is 1. The first-order chi connectivity index (χ1) is 15.3. The summed E-state index contributed by atoms with van der Waals surface area (Å²) in [6.45, 7) is 3.82. The van der Waals surface area contributed by atoms with Gasteiger partial charge in [-0.3, -0.25) is 4.79 Å². The molecule has 164 valence electrons. The summed E-state index contributed by atoms with van der Waals surface area (Å²) in [6, 6.07) is 15.5. The zero-order valence-corrected chi connectivity index (χ0v) is 20.0. The van der Waals surface area contributed by atoms with E-state index in [0.29, 0.717) is 31.9 Å². The Kier molecular flexibility index (Phi) is 7.66. The molecular weight excluding hydrogens is 496 g/mol. The number of aryl methyl sites for hydroxylation is 2. The summed E-state index contributed by atoms with van der Waals surface area (Å²) in [5.74, 6) is -0.367. The highest BCUT2D eigenvalue weighted by molar-refractivity contribution is 9.10. The van der Waals surface area contributed by atoms with Crippen molar-refractivity contribution < 1.29 is 19.1 Å². The number of halogens is 2. The van der Waals surface area contributed by atoms with Crippen LogP contribution in [0.1, 0.15) is 37.4 Å². The van der Waals surface area contributed by atoms with Gasteiger partial charge in [0.2, 0.25) is 0 Å². The first-order valence-corrected chi connectivity index (χ1v) is 10.7. The smallest absolute Gasteiger partial charge is 0.343 e. The highest BCUT2D eigenvalue weighted by Gasteiger charge is 2.17. The van der Waals surface area contributed by atoms with Crippen LogP contribution >= 0.6 is 27.5 Å². The molecule has 0 fully saturated rings. The second-order valence-electron chi connectivity index (χ2n) is 6.97. The zero-order chi connectivity index (χ0) is 23.3. The van der Waals surface area contributed by atoms with Crippen molar-refractivity contribution in [2.75, 3.05) is 7.11 Å². The van der Waals surface area contributed by atoms with Crippen LogP contribution in [-0.4, -0.2) is 25.2 Å². The fourth-order valence-corrected chi connectivity index (χ4v) is 3.65. The summed E-state index contributed by atoms with van der Waals surface area (Å²) in [4.78, 5) is 24.8. The van der Waals surface area contributed by atoms with Gasteiger partial charge in [-0.05, 0) is 77.3 Å². The van der Waals surface area contributed by atoms with Crippen LogP contribution in [-0.2, 0) is 0 Å². The van der Waals surface area contributed by atoms with Crippen molar-refractivity contribution in [3.05, 3.63) is 91.9 Å². The maximum absolute atomic E-state index is 12.5. The molecule has 0 atom stereocenters. The van der Waals surface area contributed by atoms with Crippen LogP contribution in [0.4, 0.5) is 0 Å². The first kappa shape index (κ1) is 23.5. The average molecular weight is 516 g/mol. The molecule has 3 rings (SSSR count). The average Bonchev–Trinajstić information content (AvgIpc) is 2.75. The molecule has 0 aliphatic rings. The SMILES string of the molecule is COc1cc(/C=N/NC(=O)c2ccc(C)cc2Cl)cc(Br)c1OC(=O)c1ccc(C)cc1. The molecule has 0 aliphatic carbocycles. The number of rotatable bonds is 6. The summed E-state index contributed by atoms with van der Waals surface area (Å²) in [7, 11) is 1.47. The number of carbonyl (C=O) groups excluding carboxylic acids is 2. The maximum atomic E-state index is 12.5. The van der Waals surface area contributed by atoms with Gasteiger partial charge in [0.05, 0.1) is 33.9 Å². The summed E-state index contributed by atoms with van der Waals surface area (Å²) in [6.07, 6.45) is 1.44. The van der Waals surface area contributed by atoms with Crippen molar-refractivity contribution in [1.82, 2.24) is 5.43 Å². The maximum Gasteiger partial charge on any atom is 0.343 e. The molecule has 8 heteroatoms. The minimum Gasteiger partial charge on any atom is -0.493 e. The molecule has 0 aromatic heterocycles. The normalized spacial score (nSPS) is 10.8. The molecule has 0 saturated carbocycles. The quantitative estimate of drug-likeness (QED) is 0.197. The Balaban J connectivity index is 1.74. The number of nitrogens with one attached hydrogen (secondary N) is 1. The number of esters is 1. The lowest BCUT2D eigenvalue weighted by atomic mass is 10.1. The molecule has 3 aromatic carbocycles. The van der Waals surface area contributed by atoms with E-state index < -0.39 is 11.9 Å². The van der Waals surface area contributed by atoms with Crippen molar-refractivity contribution >= 4 is 45.6 Å². The van der Waals surface area contributed by atoms with Crippen molar-refractivity contribution in [3.63, 3.8) is 0 Å². The van der Waals surface area contributed by atoms with Gasteiger partial charge in [0.15, 0.2) is 11.5 Å². The number of benzene rings is 3.